The maximum absolute atomic E-state index is 6.84. The molecule has 0 unspecified atom stereocenters. The zero-order valence-electron chi connectivity index (χ0n) is 31.4. The lowest BCUT2D eigenvalue weighted by Gasteiger charge is -2.08. The highest BCUT2D eigenvalue weighted by molar-refractivity contribution is 6.24. The third-order valence-corrected chi connectivity index (χ3v) is 12.5. The predicted molar refractivity (Wildman–Crippen MR) is 242 cm³/mol. The highest BCUT2D eigenvalue weighted by Gasteiger charge is 2.21. The Morgan fingerprint density at radius 1 is 0.271 bits per heavy atom. The van der Waals surface area contributed by atoms with Gasteiger partial charge in [-0.2, -0.15) is 0 Å². The van der Waals surface area contributed by atoms with Gasteiger partial charge in [-0.05, 0) is 108 Å². The summed E-state index contributed by atoms with van der Waals surface area (Å²) in [4.78, 5) is 0. The molecular formula is C54H30N2O3. The number of benzene rings is 9. The Morgan fingerprint density at radius 2 is 0.712 bits per heavy atom. The Labute approximate surface area is 335 Å². The molecule has 14 rings (SSSR count). The van der Waals surface area contributed by atoms with Crippen molar-refractivity contribution < 1.29 is 13.3 Å². The number of aromatic nitrogens is 2. The molecule has 9 aromatic carbocycles. The van der Waals surface area contributed by atoms with Gasteiger partial charge >= 0.3 is 0 Å². The summed E-state index contributed by atoms with van der Waals surface area (Å²) in [5, 5.41) is 11.3. The maximum Gasteiger partial charge on any atom is 0.145 e. The van der Waals surface area contributed by atoms with E-state index in [-0.39, 0.29) is 0 Å². The van der Waals surface area contributed by atoms with Gasteiger partial charge in [0.05, 0.1) is 27.5 Å². The van der Waals surface area contributed by atoms with Gasteiger partial charge in [0.25, 0.3) is 0 Å². The summed E-state index contributed by atoms with van der Waals surface area (Å²) in [6, 6.07) is 64.7. The zero-order valence-corrected chi connectivity index (χ0v) is 31.4. The van der Waals surface area contributed by atoms with Crippen LogP contribution in [-0.4, -0.2) is 9.13 Å². The molecule has 0 aliphatic carbocycles. The standard InChI is InChI=1S/C54H30N2O3/c1-5-13-44-35(9-1)36-10-2-6-14-45(36)55(44)33-20-26-52-42(29-33)38-21-22-47-53(54(38)59-52)39-12-3-7-15-46(39)56(47)34-19-25-51-43(30-34)41-28-32(18-24-50(41)58-51)31-17-23-49-40(27-31)37-11-4-8-16-48(37)57-49/h1-30H. The molecule has 0 amide bonds. The minimum absolute atomic E-state index is 0.858. The molecule has 0 saturated heterocycles. The van der Waals surface area contributed by atoms with Gasteiger partial charge < -0.3 is 22.4 Å². The van der Waals surface area contributed by atoms with Crippen molar-refractivity contribution in [2.75, 3.05) is 0 Å². The molecule has 0 atom stereocenters. The molecule has 0 bridgehead atoms. The van der Waals surface area contributed by atoms with Crippen LogP contribution in [0.2, 0.25) is 0 Å². The summed E-state index contributed by atoms with van der Waals surface area (Å²) < 4.78 is 24.1. The van der Waals surface area contributed by atoms with Crippen LogP contribution in [-0.2, 0) is 0 Å². The molecule has 0 saturated carbocycles. The van der Waals surface area contributed by atoms with E-state index in [9.17, 15) is 0 Å². The third kappa shape index (κ3) is 4.23. The van der Waals surface area contributed by atoms with Gasteiger partial charge in [0.15, 0.2) is 0 Å². The van der Waals surface area contributed by atoms with E-state index in [4.69, 9.17) is 13.3 Å². The van der Waals surface area contributed by atoms with Crippen molar-refractivity contribution >= 4 is 109 Å². The van der Waals surface area contributed by atoms with E-state index in [1.807, 2.05) is 12.1 Å². The Morgan fingerprint density at radius 3 is 1.36 bits per heavy atom. The fraction of sp³-hybridized carbons (Fsp3) is 0. The van der Waals surface area contributed by atoms with Crippen LogP contribution in [0, 0.1) is 0 Å². The molecule has 0 radical (unpaired) electrons. The molecule has 0 aliphatic rings. The van der Waals surface area contributed by atoms with Crippen LogP contribution in [0.4, 0.5) is 0 Å². The van der Waals surface area contributed by atoms with E-state index < -0.39 is 0 Å². The van der Waals surface area contributed by atoms with E-state index in [0.29, 0.717) is 0 Å². The number of para-hydroxylation sites is 4. The summed E-state index contributed by atoms with van der Waals surface area (Å²) >= 11 is 0. The van der Waals surface area contributed by atoms with Crippen LogP contribution in [0.5, 0.6) is 0 Å². The summed E-state index contributed by atoms with van der Waals surface area (Å²) in [6.45, 7) is 0. The van der Waals surface area contributed by atoms with Crippen molar-refractivity contribution in [3.8, 4) is 22.5 Å². The Balaban J connectivity index is 0.948. The van der Waals surface area contributed by atoms with Crippen molar-refractivity contribution in [2.24, 2.45) is 0 Å². The lowest BCUT2D eigenvalue weighted by Crippen LogP contribution is -1.93. The van der Waals surface area contributed by atoms with Crippen LogP contribution in [0.1, 0.15) is 0 Å². The lowest BCUT2D eigenvalue weighted by molar-refractivity contribution is 0.668. The SMILES string of the molecule is c1ccc2c(c1)oc1ccc(-c3ccc4oc5ccc(-n6c7ccccc7c7c8oc9ccc(-n%10c%11ccccc%11c%11ccccc%11%10)cc9c8ccc76)cc5c4c3)cc12. The molecule has 0 aliphatic heterocycles. The number of furan rings is 3. The number of rotatable bonds is 3. The topological polar surface area (TPSA) is 49.3 Å². The number of hydrogen-bond donors (Lipinski definition) is 0. The van der Waals surface area contributed by atoms with E-state index >= 15 is 0 Å². The number of nitrogens with zero attached hydrogens (tertiary/aromatic N) is 2. The van der Waals surface area contributed by atoms with Gasteiger partial charge in [0.2, 0.25) is 0 Å². The first-order valence-electron chi connectivity index (χ1n) is 20.0. The van der Waals surface area contributed by atoms with E-state index in [2.05, 4.69) is 179 Å². The lowest BCUT2D eigenvalue weighted by atomic mass is 10.0. The van der Waals surface area contributed by atoms with Crippen LogP contribution < -0.4 is 0 Å². The largest absolute Gasteiger partial charge is 0.456 e. The average Bonchev–Trinajstić information content (AvgIpc) is 4.10. The molecular weight excluding hydrogens is 725 g/mol. The second-order valence-electron chi connectivity index (χ2n) is 15.6. The fourth-order valence-corrected chi connectivity index (χ4v) is 9.88. The van der Waals surface area contributed by atoms with Crippen LogP contribution in [0.15, 0.2) is 195 Å². The first kappa shape index (κ1) is 31.1. The quantitative estimate of drug-likeness (QED) is 0.180. The fourth-order valence-electron chi connectivity index (χ4n) is 9.88. The third-order valence-electron chi connectivity index (χ3n) is 12.5. The van der Waals surface area contributed by atoms with Crippen LogP contribution in [0.25, 0.3) is 132 Å². The van der Waals surface area contributed by atoms with Crippen molar-refractivity contribution in [2.45, 2.75) is 0 Å². The molecule has 5 heterocycles. The number of fused-ring (bicyclic) bond motifs is 16. The summed E-state index contributed by atoms with van der Waals surface area (Å²) in [5.74, 6) is 0. The van der Waals surface area contributed by atoms with E-state index in [1.165, 1.54) is 21.8 Å². The van der Waals surface area contributed by atoms with Gasteiger partial charge in [-0.3, -0.25) is 0 Å². The molecule has 5 aromatic heterocycles. The summed E-state index contributed by atoms with van der Waals surface area (Å²) in [5.41, 5.74) is 14.3. The molecule has 5 nitrogen and oxygen atoms in total. The summed E-state index contributed by atoms with van der Waals surface area (Å²) in [6.07, 6.45) is 0. The van der Waals surface area contributed by atoms with Gasteiger partial charge in [0.1, 0.15) is 33.5 Å². The van der Waals surface area contributed by atoms with Gasteiger partial charge in [-0.15, -0.1) is 0 Å². The Kier molecular flexibility index (Phi) is 5.96. The minimum Gasteiger partial charge on any atom is -0.456 e. The van der Waals surface area contributed by atoms with Crippen molar-refractivity contribution in [3.63, 3.8) is 0 Å². The molecule has 5 heteroatoms. The van der Waals surface area contributed by atoms with Gasteiger partial charge in [0, 0.05) is 59.9 Å². The van der Waals surface area contributed by atoms with Crippen molar-refractivity contribution in [3.05, 3.63) is 182 Å². The van der Waals surface area contributed by atoms with E-state index in [1.54, 1.807) is 0 Å². The predicted octanol–water partition coefficient (Wildman–Crippen LogP) is 15.2. The molecule has 14 aromatic rings. The Hall–Kier alpha value is -8.02. The Bertz CT molecular complexity index is 4040. The molecule has 0 fully saturated rings. The molecule has 0 N–H and O–H groups in total. The number of hydrogen-bond acceptors (Lipinski definition) is 3. The minimum atomic E-state index is 0.858. The second-order valence-corrected chi connectivity index (χ2v) is 15.6. The van der Waals surface area contributed by atoms with Gasteiger partial charge in [-0.1, -0.05) is 84.9 Å². The van der Waals surface area contributed by atoms with Gasteiger partial charge in [-0.25, -0.2) is 0 Å². The molecule has 0 spiro atoms. The maximum atomic E-state index is 6.84. The highest BCUT2D eigenvalue weighted by atomic mass is 16.3. The first-order valence-corrected chi connectivity index (χ1v) is 20.0. The van der Waals surface area contributed by atoms with Crippen molar-refractivity contribution in [1.29, 1.82) is 0 Å². The smallest absolute Gasteiger partial charge is 0.145 e. The normalized spacial score (nSPS) is 12.4. The average molecular weight is 755 g/mol. The van der Waals surface area contributed by atoms with E-state index in [0.717, 1.165) is 110 Å². The first-order chi connectivity index (χ1) is 29.2. The summed E-state index contributed by atoms with van der Waals surface area (Å²) in [7, 11) is 0. The van der Waals surface area contributed by atoms with Crippen molar-refractivity contribution in [1.82, 2.24) is 9.13 Å². The highest BCUT2D eigenvalue weighted by Crippen LogP contribution is 2.43. The zero-order chi connectivity index (χ0) is 38.3. The monoisotopic (exact) mass is 754 g/mol. The van der Waals surface area contributed by atoms with Crippen LogP contribution >= 0.6 is 0 Å². The molecule has 59 heavy (non-hydrogen) atoms. The second kappa shape index (κ2) is 11.3. The van der Waals surface area contributed by atoms with Crippen LogP contribution in [0.3, 0.4) is 0 Å². The molecule has 274 valence electrons.